The summed E-state index contributed by atoms with van der Waals surface area (Å²) in [5.41, 5.74) is 1.12. The van der Waals surface area contributed by atoms with Crippen LogP contribution in [0.3, 0.4) is 0 Å². The van der Waals surface area contributed by atoms with Crippen LogP contribution >= 0.6 is 0 Å². The molecule has 1 heterocycles. The van der Waals surface area contributed by atoms with Gasteiger partial charge in [0.15, 0.2) is 0 Å². The van der Waals surface area contributed by atoms with Gasteiger partial charge in [0.25, 0.3) is 0 Å². The first-order chi connectivity index (χ1) is 10.8. The van der Waals surface area contributed by atoms with Crippen molar-refractivity contribution in [2.45, 2.75) is 31.9 Å². The van der Waals surface area contributed by atoms with E-state index in [4.69, 9.17) is 9.47 Å². The Labute approximate surface area is 132 Å². The molecule has 0 aliphatic carbocycles. The number of nitrogens with zero attached hydrogens (tertiary/aromatic N) is 1. The van der Waals surface area contributed by atoms with E-state index in [1.807, 2.05) is 30.3 Å². The molecule has 1 amide bonds. The summed E-state index contributed by atoms with van der Waals surface area (Å²) in [6.07, 6.45) is 4.53. The van der Waals surface area contributed by atoms with Gasteiger partial charge in [0, 0.05) is 19.7 Å². The van der Waals surface area contributed by atoms with E-state index < -0.39 is 0 Å². The minimum Gasteiger partial charge on any atom is -0.378 e. The third kappa shape index (κ3) is 5.62. The molecule has 120 valence electrons. The predicted octanol–water partition coefficient (Wildman–Crippen LogP) is 2.79. The molecular weight excluding hydrogens is 278 g/mol. The highest BCUT2D eigenvalue weighted by Crippen LogP contribution is 2.12. The Balaban J connectivity index is 1.72. The van der Waals surface area contributed by atoms with Crippen LogP contribution in [0, 0.1) is 0 Å². The lowest BCUT2D eigenvalue weighted by molar-refractivity contribution is -0.132. The molecular formula is C18H25NO3. The van der Waals surface area contributed by atoms with Crippen molar-refractivity contribution >= 4 is 5.91 Å². The highest BCUT2D eigenvalue weighted by Gasteiger charge is 2.16. The third-order valence-electron chi connectivity index (χ3n) is 3.71. The first-order valence-corrected chi connectivity index (χ1v) is 7.91. The molecule has 4 nitrogen and oxygen atoms in total. The summed E-state index contributed by atoms with van der Waals surface area (Å²) in [5.74, 6) is 0.0936. The molecule has 0 bridgehead atoms. The molecule has 2 rings (SSSR count). The predicted molar refractivity (Wildman–Crippen MR) is 86.5 cm³/mol. The highest BCUT2D eigenvalue weighted by atomic mass is 16.5. The van der Waals surface area contributed by atoms with E-state index in [9.17, 15) is 4.79 Å². The van der Waals surface area contributed by atoms with Gasteiger partial charge in [-0.25, -0.2) is 0 Å². The van der Waals surface area contributed by atoms with Crippen LogP contribution in [0.5, 0.6) is 0 Å². The number of benzene rings is 1. The number of amides is 1. The van der Waals surface area contributed by atoms with Gasteiger partial charge in [0.2, 0.25) is 5.91 Å². The van der Waals surface area contributed by atoms with Gasteiger partial charge in [-0.2, -0.15) is 0 Å². The molecule has 1 aliphatic heterocycles. The van der Waals surface area contributed by atoms with Crippen molar-refractivity contribution in [1.29, 1.82) is 0 Å². The Morgan fingerprint density at radius 3 is 2.91 bits per heavy atom. The minimum absolute atomic E-state index is 0.0936. The lowest BCUT2D eigenvalue weighted by atomic mass is 10.2. The monoisotopic (exact) mass is 303 g/mol. The maximum Gasteiger partial charge on any atom is 0.225 e. The summed E-state index contributed by atoms with van der Waals surface area (Å²) in [6.45, 7) is 6.76. The van der Waals surface area contributed by atoms with Gasteiger partial charge in [0.05, 0.1) is 25.7 Å². The van der Waals surface area contributed by atoms with E-state index >= 15 is 0 Å². The second-order valence-corrected chi connectivity index (χ2v) is 5.51. The molecule has 1 aromatic carbocycles. The molecule has 1 unspecified atom stereocenters. The van der Waals surface area contributed by atoms with E-state index in [1.165, 1.54) is 0 Å². The fraction of sp³-hybridized carbons (Fsp3) is 0.500. The molecule has 0 N–H and O–H groups in total. The standard InChI is InChI=1S/C18H25NO3/c1-2-11-19(14-16-7-4-3-5-8-16)18(20)10-13-21-15-17-9-6-12-22-17/h2-5,7-8,17H,1,6,9-15H2. The Morgan fingerprint density at radius 1 is 1.41 bits per heavy atom. The van der Waals surface area contributed by atoms with E-state index in [1.54, 1.807) is 11.0 Å². The largest absolute Gasteiger partial charge is 0.378 e. The number of ether oxygens (including phenoxy) is 2. The molecule has 0 radical (unpaired) electrons. The van der Waals surface area contributed by atoms with Crippen LogP contribution in [-0.4, -0.2) is 43.3 Å². The zero-order valence-corrected chi connectivity index (χ0v) is 13.1. The van der Waals surface area contributed by atoms with Gasteiger partial charge in [-0.1, -0.05) is 36.4 Å². The zero-order chi connectivity index (χ0) is 15.6. The lowest BCUT2D eigenvalue weighted by Gasteiger charge is -2.21. The summed E-state index contributed by atoms with van der Waals surface area (Å²) < 4.78 is 11.1. The molecule has 1 atom stereocenters. The Kier molecular flexibility index (Phi) is 7.13. The molecule has 1 aromatic rings. The molecule has 4 heteroatoms. The van der Waals surface area contributed by atoms with Crippen molar-refractivity contribution in [2.75, 3.05) is 26.4 Å². The number of hydrogen-bond donors (Lipinski definition) is 0. The average Bonchev–Trinajstić information content (AvgIpc) is 3.05. The molecule has 0 saturated carbocycles. The van der Waals surface area contributed by atoms with E-state index in [2.05, 4.69) is 6.58 Å². The SMILES string of the molecule is C=CCN(Cc1ccccc1)C(=O)CCOCC1CCCO1. The van der Waals surface area contributed by atoms with E-state index in [-0.39, 0.29) is 12.0 Å². The normalized spacial score (nSPS) is 17.4. The van der Waals surface area contributed by atoms with Crippen molar-refractivity contribution in [3.8, 4) is 0 Å². The van der Waals surface area contributed by atoms with Crippen molar-refractivity contribution < 1.29 is 14.3 Å². The summed E-state index contributed by atoms with van der Waals surface area (Å²) in [6, 6.07) is 9.99. The quantitative estimate of drug-likeness (QED) is 0.520. The van der Waals surface area contributed by atoms with Gasteiger partial charge in [-0.15, -0.1) is 6.58 Å². The smallest absolute Gasteiger partial charge is 0.225 e. The maximum absolute atomic E-state index is 12.3. The molecule has 0 spiro atoms. The van der Waals surface area contributed by atoms with Crippen LogP contribution in [0.2, 0.25) is 0 Å². The molecule has 1 fully saturated rings. The minimum atomic E-state index is 0.0936. The Morgan fingerprint density at radius 2 is 2.23 bits per heavy atom. The highest BCUT2D eigenvalue weighted by molar-refractivity contribution is 5.76. The van der Waals surface area contributed by atoms with E-state index in [0.717, 1.165) is 25.0 Å². The Bertz CT molecular complexity index is 455. The van der Waals surface area contributed by atoms with Crippen LogP contribution in [0.1, 0.15) is 24.8 Å². The number of hydrogen-bond acceptors (Lipinski definition) is 3. The fourth-order valence-corrected chi connectivity index (χ4v) is 2.52. The van der Waals surface area contributed by atoms with Crippen molar-refractivity contribution in [3.05, 3.63) is 48.6 Å². The van der Waals surface area contributed by atoms with Crippen molar-refractivity contribution in [1.82, 2.24) is 4.90 Å². The van der Waals surface area contributed by atoms with Crippen molar-refractivity contribution in [3.63, 3.8) is 0 Å². The second kappa shape index (κ2) is 9.38. The fourth-order valence-electron chi connectivity index (χ4n) is 2.52. The lowest BCUT2D eigenvalue weighted by Crippen LogP contribution is -2.31. The first kappa shape index (κ1) is 16.7. The zero-order valence-electron chi connectivity index (χ0n) is 13.1. The number of rotatable bonds is 9. The van der Waals surface area contributed by atoms with Gasteiger partial charge in [-0.05, 0) is 18.4 Å². The van der Waals surface area contributed by atoms with Crippen LogP contribution in [0.4, 0.5) is 0 Å². The van der Waals surface area contributed by atoms with Gasteiger partial charge in [0.1, 0.15) is 0 Å². The molecule has 1 saturated heterocycles. The second-order valence-electron chi connectivity index (χ2n) is 5.51. The summed E-state index contributed by atoms with van der Waals surface area (Å²) >= 11 is 0. The molecule has 0 aromatic heterocycles. The number of carbonyl (C=O) groups excluding carboxylic acids is 1. The maximum atomic E-state index is 12.3. The summed E-state index contributed by atoms with van der Waals surface area (Å²) in [5, 5.41) is 0. The number of carbonyl (C=O) groups is 1. The van der Waals surface area contributed by atoms with Gasteiger partial charge in [-0.3, -0.25) is 4.79 Å². The van der Waals surface area contributed by atoms with Crippen molar-refractivity contribution in [2.24, 2.45) is 0 Å². The topological polar surface area (TPSA) is 38.8 Å². The third-order valence-corrected chi connectivity index (χ3v) is 3.71. The molecule has 22 heavy (non-hydrogen) atoms. The first-order valence-electron chi connectivity index (χ1n) is 7.91. The molecule has 1 aliphatic rings. The summed E-state index contributed by atoms with van der Waals surface area (Å²) in [7, 11) is 0. The van der Waals surface area contributed by atoms with Gasteiger partial charge < -0.3 is 14.4 Å². The van der Waals surface area contributed by atoms with Gasteiger partial charge >= 0.3 is 0 Å². The Hall–Kier alpha value is -1.65. The average molecular weight is 303 g/mol. The van der Waals surface area contributed by atoms with Crippen LogP contribution in [-0.2, 0) is 20.8 Å². The van der Waals surface area contributed by atoms with Crippen LogP contribution < -0.4 is 0 Å². The van der Waals surface area contributed by atoms with E-state index in [0.29, 0.717) is 32.7 Å². The summed E-state index contributed by atoms with van der Waals surface area (Å²) in [4.78, 5) is 14.1. The van der Waals surface area contributed by atoms with Crippen LogP contribution in [0.25, 0.3) is 0 Å². The van der Waals surface area contributed by atoms with Crippen LogP contribution in [0.15, 0.2) is 43.0 Å².